The molecule has 2 aliphatic heterocycles. The minimum absolute atomic E-state index is 0.0650. The Labute approximate surface area is 172 Å². The highest BCUT2D eigenvalue weighted by Gasteiger charge is 2.53. The van der Waals surface area contributed by atoms with Crippen LogP contribution < -0.4 is 10.6 Å². The van der Waals surface area contributed by atoms with Gasteiger partial charge in [0.15, 0.2) is 0 Å². The number of benzene rings is 2. The average Bonchev–Trinajstić information content (AvgIpc) is 2.95. The number of amides is 4. The smallest absolute Gasteiger partial charge is 0.264 e. The van der Waals surface area contributed by atoms with Gasteiger partial charge >= 0.3 is 0 Å². The number of imide groups is 2. The van der Waals surface area contributed by atoms with Crippen molar-refractivity contribution in [2.24, 2.45) is 0 Å². The molecule has 0 aromatic heterocycles. The summed E-state index contributed by atoms with van der Waals surface area (Å²) in [6.45, 7) is 1.92. The summed E-state index contributed by atoms with van der Waals surface area (Å²) in [7, 11) is 0. The Morgan fingerprint density at radius 2 is 1.86 bits per heavy atom. The molecule has 4 amide bonds. The van der Waals surface area contributed by atoms with Gasteiger partial charge in [-0.25, -0.2) is 0 Å². The lowest BCUT2D eigenvalue weighted by molar-refractivity contribution is -0.140. The first-order chi connectivity index (χ1) is 13.8. The van der Waals surface area contributed by atoms with Gasteiger partial charge in [-0.05, 0) is 43.2 Å². The first-order valence-corrected chi connectivity index (χ1v) is 9.53. The topological polar surface area (TPSA) is 95.6 Å². The third-order valence-electron chi connectivity index (χ3n) is 5.36. The van der Waals surface area contributed by atoms with E-state index < -0.39 is 29.2 Å². The number of carbonyl (C=O) groups is 4. The lowest BCUT2D eigenvalue weighted by Gasteiger charge is -2.38. The largest absolute Gasteiger partial charge is 0.380 e. The average molecular weight is 412 g/mol. The second-order valence-corrected chi connectivity index (χ2v) is 7.74. The van der Waals surface area contributed by atoms with Crippen molar-refractivity contribution in [3.05, 3.63) is 64.2 Å². The summed E-state index contributed by atoms with van der Waals surface area (Å²) in [5.74, 6) is -2.14. The van der Waals surface area contributed by atoms with Crippen molar-refractivity contribution in [2.45, 2.75) is 31.8 Å². The van der Waals surface area contributed by atoms with Crippen molar-refractivity contribution in [2.75, 3.05) is 5.32 Å². The molecule has 2 heterocycles. The molecule has 1 unspecified atom stereocenters. The molecule has 29 heavy (non-hydrogen) atoms. The SMILES string of the molecule is CC1(N2C(=O)c3cccc(NCc4cccc(Cl)c4)c3C2=O)CCC(=O)NC1=O. The first kappa shape index (κ1) is 19.1. The monoisotopic (exact) mass is 411 g/mol. The molecule has 1 saturated heterocycles. The van der Waals surface area contributed by atoms with Crippen molar-refractivity contribution in [3.8, 4) is 0 Å². The summed E-state index contributed by atoms with van der Waals surface area (Å²) in [5.41, 5.74) is 0.466. The fourth-order valence-corrected chi connectivity index (χ4v) is 3.95. The second kappa shape index (κ2) is 7.00. The third-order valence-corrected chi connectivity index (χ3v) is 5.60. The summed E-state index contributed by atoms with van der Waals surface area (Å²) in [5, 5.41) is 6.01. The standard InChI is InChI=1S/C21H18ClN3O4/c1-21(9-8-16(26)24-20(21)29)25-18(27)14-6-3-7-15(17(14)19(25)28)23-11-12-4-2-5-13(22)10-12/h2-7,10,23H,8-9,11H2,1H3,(H,24,26,29). The van der Waals surface area contributed by atoms with Crippen molar-refractivity contribution in [3.63, 3.8) is 0 Å². The van der Waals surface area contributed by atoms with Gasteiger partial charge in [0.05, 0.1) is 11.1 Å². The quantitative estimate of drug-likeness (QED) is 0.754. The number of nitrogens with zero attached hydrogens (tertiary/aromatic N) is 1. The molecule has 0 radical (unpaired) electrons. The Balaban J connectivity index is 1.65. The van der Waals surface area contributed by atoms with Gasteiger partial charge in [0.2, 0.25) is 5.91 Å². The van der Waals surface area contributed by atoms with Crippen molar-refractivity contribution in [1.82, 2.24) is 10.2 Å². The fraction of sp³-hybridized carbons (Fsp3) is 0.238. The number of carbonyl (C=O) groups excluding carboxylic acids is 4. The van der Waals surface area contributed by atoms with Crippen LogP contribution in [0.1, 0.15) is 46.0 Å². The highest BCUT2D eigenvalue weighted by molar-refractivity contribution is 6.30. The lowest BCUT2D eigenvalue weighted by Crippen LogP contribution is -2.62. The molecule has 2 aromatic carbocycles. The van der Waals surface area contributed by atoms with Gasteiger partial charge in [-0.3, -0.25) is 29.4 Å². The zero-order valence-corrected chi connectivity index (χ0v) is 16.4. The molecule has 2 N–H and O–H groups in total. The number of hydrogen-bond donors (Lipinski definition) is 2. The molecular weight excluding hydrogens is 394 g/mol. The summed E-state index contributed by atoms with van der Waals surface area (Å²) < 4.78 is 0. The summed E-state index contributed by atoms with van der Waals surface area (Å²) in [6, 6.07) is 12.3. The van der Waals surface area contributed by atoms with Gasteiger partial charge in [-0.2, -0.15) is 0 Å². The van der Waals surface area contributed by atoms with Crippen LogP contribution in [-0.2, 0) is 16.1 Å². The third kappa shape index (κ3) is 3.17. The predicted molar refractivity (Wildman–Crippen MR) is 107 cm³/mol. The highest BCUT2D eigenvalue weighted by atomic mass is 35.5. The summed E-state index contributed by atoms with van der Waals surface area (Å²) in [4.78, 5) is 51.2. The maximum absolute atomic E-state index is 13.2. The van der Waals surface area contributed by atoms with Crippen molar-refractivity contribution in [1.29, 1.82) is 0 Å². The number of nitrogens with one attached hydrogen (secondary N) is 2. The molecule has 2 aromatic rings. The number of fused-ring (bicyclic) bond motifs is 1. The molecule has 7 nitrogen and oxygen atoms in total. The Bertz CT molecular complexity index is 1070. The van der Waals surface area contributed by atoms with E-state index in [-0.39, 0.29) is 24.0 Å². The van der Waals surface area contributed by atoms with E-state index >= 15 is 0 Å². The van der Waals surface area contributed by atoms with Gasteiger partial charge in [-0.15, -0.1) is 0 Å². The zero-order valence-electron chi connectivity index (χ0n) is 15.6. The van der Waals surface area contributed by atoms with Crippen LogP contribution in [0.2, 0.25) is 5.02 Å². The molecule has 0 bridgehead atoms. The van der Waals surface area contributed by atoms with E-state index in [1.165, 1.54) is 6.92 Å². The second-order valence-electron chi connectivity index (χ2n) is 7.31. The van der Waals surface area contributed by atoms with Crippen LogP contribution in [0.4, 0.5) is 5.69 Å². The Kier molecular flexibility index (Phi) is 4.62. The van der Waals surface area contributed by atoms with E-state index in [0.717, 1.165) is 10.5 Å². The Hall–Kier alpha value is -3.19. The van der Waals surface area contributed by atoms with Gasteiger partial charge in [-0.1, -0.05) is 29.8 Å². The van der Waals surface area contributed by atoms with Gasteiger partial charge in [0.1, 0.15) is 5.54 Å². The highest BCUT2D eigenvalue weighted by Crippen LogP contribution is 2.37. The van der Waals surface area contributed by atoms with Crippen molar-refractivity contribution < 1.29 is 19.2 Å². The normalized spacial score (nSPS) is 21.2. The molecule has 2 aliphatic rings. The van der Waals surface area contributed by atoms with Crippen molar-refractivity contribution >= 4 is 40.9 Å². The summed E-state index contributed by atoms with van der Waals surface area (Å²) in [6.07, 6.45) is 0.157. The minimum atomic E-state index is -1.41. The number of piperidine rings is 1. The zero-order chi connectivity index (χ0) is 20.8. The molecule has 0 spiro atoms. The van der Waals surface area contributed by atoms with Gasteiger partial charge < -0.3 is 5.32 Å². The van der Waals surface area contributed by atoms with Gasteiger partial charge in [0, 0.05) is 23.7 Å². The summed E-state index contributed by atoms with van der Waals surface area (Å²) >= 11 is 6.01. The van der Waals surface area contributed by atoms with E-state index in [4.69, 9.17) is 11.6 Å². The van der Waals surface area contributed by atoms with Crippen LogP contribution in [-0.4, -0.2) is 34.1 Å². The first-order valence-electron chi connectivity index (χ1n) is 9.16. The maximum atomic E-state index is 13.2. The molecule has 8 heteroatoms. The van der Waals surface area contributed by atoms with E-state index in [1.54, 1.807) is 30.3 Å². The van der Waals surface area contributed by atoms with Crippen LogP contribution in [0, 0.1) is 0 Å². The Morgan fingerprint density at radius 3 is 2.59 bits per heavy atom. The molecule has 0 aliphatic carbocycles. The molecule has 4 rings (SSSR count). The van der Waals surface area contributed by atoms with E-state index in [0.29, 0.717) is 17.3 Å². The van der Waals surface area contributed by atoms with Crippen LogP contribution in [0.3, 0.4) is 0 Å². The number of rotatable bonds is 4. The van der Waals surface area contributed by atoms with E-state index in [9.17, 15) is 19.2 Å². The molecular formula is C21H18ClN3O4. The predicted octanol–water partition coefficient (Wildman–Crippen LogP) is 2.74. The maximum Gasteiger partial charge on any atom is 0.264 e. The number of anilines is 1. The lowest BCUT2D eigenvalue weighted by atomic mass is 9.89. The van der Waals surface area contributed by atoms with E-state index in [1.807, 2.05) is 12.1 Å². The van der Waals surface area contributed by atoms with Gasteiger partial charge in [0.25, 0.3) is 17.7 Å². The molecule has 1 fully saturated rings. The van der Waals surface area contributed by atoms with Crippen LogP contribution in [0.25, 0.3) is 0 Å². The van der Waals surface area contributed by atoms with Crippen LogP contribution >= 0.6 is 11.6 Å². The number of hydrogen-bond acceptors (Lipinski definition) is 5. The number of halogens is 1. The molecule has 0 saturated carbocycles. The molecule has 1 atom stereocenters. The van der Waals surface area contributed by atoms with E-state index in [2.05, 4.69) is 10.6 Å². The fourth-order valence-electron chi connectivity index (χ4n) is 3.73. The Morgan fingerprint density at radius 1 is 1.10 bits per heavy atom. The minimum Gasteiger partial charge on any atom is -0.380 e. The van der Waals surface area contributed by atoms with Crippen LogP contribution in [0.5, 0.6) is 0 Å². The molecule has 148 valence electrons. The van der Waals surface area contributed by atoms with Crippen LogP contribution in [0.15, 0.2) is 42.5 Å².